The number of likely N-dealkylation sites (tertiary alicyclic amines) is 1. The van der Waals surface area contributed by atoms with Gasteiger partial charge in [-0.25, -0.2) is 4.79 Å². The Morgan fingerprint density at radius 1 is 1.23 bits per heavy atom. The van der Waals surface area contributed by atoms with Gasteiger partial charge in [0.2, 0.25) is 0 Å². The highest BCUT2D eigenvalue weighted by atomic mass is 16.6. The normalized spacial score (nSPS) is 18.4. The summed E-state index contributed by atoms with van der Waals surface area (Å²) in [5.41, 5.74) is -0.447. The Morgan fingerprint density at radius 2 is 1.95 bits per heavy atom. The molecule has 1 rings (SSSR count). The molecule has 0 N–H and O–H groups in total. The van der Waals surface area contributed by atoms with Crippen molar-refractivity contribution in [1.29, 1.82) is 0 Å². The van der Waals surface area contributed by atoms with E-state index < -0.39 is 5.60 Å². The van der Waals surface area contributed by atoms with Gasteiger partial charge in [-0.2, -0.15) is 0 Å². The second kappa shape index (κ2) is 8.98. The van der Waals surface area contributed by atoms with Gasteiger partial charge in [-0.05, 0) is 46.0 Å². The summed E-state index contributed by atoms with van der Waals surface area (Å²) in [6.07, 6.45) is 2.77. The maximum Gasteiger partial charge on any atom is 0.410 e. The molecule has 0 aliphatic carbocycles. The Hall–Kier alpha value is -1.30. The highest BCUT2D eigenvalue weighted by Crippen LogP contribution is 2.21. The minimum absolute atomic E-state index is 0.201. The van der Waals surface area contributed by atoms with Gasteiger partial charge in [0.25, 0.3) is 0 Å². The zero-order valence-electron chi connectivity index (χ0n) is 14.2. The number of rotatable bonds is 7. The Morgan fingerprint density at radius 3 is 2.59 bits per heavy atom. The van der Waals surface area contributed by atoms with Crippen LogP contribution in [0.25, 0.3) is 0 Å². The molecule has 1 aliphatic rings. The zero-order valence-corrected chi connectivity index (χ0v) is 14.2. The Bertz CT molecular complexity index is 364. The maximum absolute atomic E-state index is 11.9. The monoisotopic (exact) mass is 315 g/mol. The molecule has 0 aromatic carbocycles. The van der Waals surface area contributed by atoms with Crippen LogP contribution < -0.4 is 0 Å². The van der Waals surface area contributed by atoms with Crippen LogP contribution in [0.2, 0.25) is 0 Å². The molecule has 0 bridgehead atoms. The first-order valence-corrected chi connectivity index (χ1v) is 7.94. The smallest absolute Gasteiger partial charge is 0.410 e. The van der Waals surface area contributed by atoms with Crippen molar-refractivity contribution in [1.82, 2.24) is 4.90 Å². The molecule has 1 heterocycles. The summed E-state index contributed by atoms with van der Waals surface area (Å²) in [6.45, 7) is 8.34. The lowest BCUT2D eigenvalue weighted by molar-refractivity contribution is -0.141. The minimum Gasteiger partial charge on any atom is -0.469 e. The van der Waals surface area contributed by atoms with Gasteiger partial charge in [0, 0.05) is 32.7 Å². The van der Waals surface area contributed by atoms with Crippen molar-refractivity contribution in [3.8, 4) is 0 Å². The summed E-state index contributed by atoms with van der Waals surface area (Å²) < 4.78 is 15.5. The van der Waals surface area contributed by atoms with E-state index in [1.54, 1.807) is 4.90 Å². The molecule has 0 aromatic rings. The van der Waals surface area contributed by atoms with Gasteiger partial charge in [-0.1, -0.05) is 0 Å². The van der Waals surface area contributed by atoms with Crippen molar-refractivity contribution in [3.05, 3.63) is 0 Å². The molecule has 1 fully saturated rings. The fraction of sp³-hybridized carbons (Fsp3) is 0.875. The molecule has 128 valence electrons. The van der Waals surface area contributed by atoms with Crippen LogP contribution in [-0.2, 0) is 19.0 Å². The maximum atomic E-state index is 11.9. The third-order valence-electron chi connectivity index (χ3n) is 3.51. The lowest BCUT2D eigenvalue weighted by Gasteiger charge is -2.24. The van der Waals surface area contributed by atoms with Crippen LogP contribution in [0.15, 0.2) is 0 Å². The number of carbonyl (C=O) groups is 2. The third kappa shape index (κ3) is 7.64. The van der Waals surface area contributed by atoms with Crippen LogP contribution in [0.3, 0.4) is 0 Å². The lowest BCUT2D eigenvalue weighted by atomic mass is 10.1. The quantitative estimate of drug-likeness (QED) is 0.534. The van der Waals surface area contributed by atoms with Crippen molar-refractivity contribution < 1.29 is 23.8 Å². The van der Waals surface area contributed by atoms with Gasteiger partial charge < -0.3 is 19.1 Å². The summed E-state index contributed by atoms with van der Waals surface area (Å²) in [5.74, 6) is 0.264. The summed E-state index contributed by atoms with van der Waals surface area (Å²) in [7, 11) is 1.39. The largest absolute Gasteiger partial charge is 0.469 e. The number of amides is 1. The molecule has 22 heavy (non-hydrogen) atoms. The zero-order chi connectivity index (χ0) is 16.6. The van der Waals surface area contributed by atoms with Crippen molar-refractivity contribution >= 4 is 12.1 Å². The first kappa shape index (κ1) is 18.7. The fourth-order valence-electron chi connectivity index (χ4n) is 2.33. The molecule has 6 nitrogen and oxygen atoms in total. The average molecular weight is 315 g/mol. The fourth-order valence-corrected chi connectivity index (χ4v) is 2.33. The molecule has 0 spiro atoms. The SMILES string of the molecule is COC(=O)CCCOCC[C@@H]1CCN(C(=O)OC(C)(C)C)C1. The van der Waals surface area contributed by atoms with E-state index in [4.69, 9.17) is 9.47 Å². The van der Waals surface area contributed by atoms with Crippen molar-refractivity contribution in [2.24, 2.45) is 5.92 Å². The van der Waals surface area contributed by atoms with Gasteiger partial charge in [0.1, 0.15) is 5.60 Å². The predicted molar refractivity (Wildman–Crippen MR) is 82.6 cm³/mol. The molecule has 1 aliphatic heterocycles. The van der Waals surface area contributed by atoms with E-state index in [0.717, 1.165) is 25.9 Å². The van der Waals surface area contributed by atoms with E-state index >= 15 is 0 Å². The number of esters is 1. The number of ether oxygens (including phenoxy) is 3. The number of carbonyl (C=O) groups excluding carboxylic acids is 2. The summed E-state index contributed by atoms with van der Waals surface area (Å²) >= 11 is 0. The van der Waals surface area contributed by atoms with Crippen LogP contribution in [-0.4, -0.2) is 56.0 Å². The standard InChI is InChI=1S/C16H29NO5/c1-16(2,3)22-15(19)17-9-7-13(12-17)8-11-21-10-5-6-14(18)20-4/h13H,5-12H2,1-4H3/t13-/m0/s1. The molecule has 0 saturated carbocycles. The molecular formula is C16H29NO5. The van der Waals surface area contributed by atoms with Gasteiger partial charge >= 0.3 is 12.1 Å². The Kier molecular flexibility index (Phi) is 7.65. The van der Waals surface area contributed by atoms with Gasteiger partial charge in [-0.15, -0.1) is 0 Å². The van der Waals surface area contributed by atoms with E-state index in [9.17, 15) is 9.59 Å². The number of hydrogen-bond acceptors (Lipinski definition) is 5. The van der Waals surface area contributed by atoms with E-state index in [1.807, 2.05) is 20.8 Å². The van der Waals surface area contributed by atoms with Crippen molar-refractivity contribution in [2.75, 3.05) is 33.4 Å². The summed E-state index contributed by atoms with van der Waals surface area (Å²) in [4.78, 5) is 24.6. The van der Waals surface area contributed by atoms with Gasteiger partial charge in [0.05, 0.1) is 7.11 Å². The first-order valence-electron chi connectivity index (χ1n) is 7.94. The molecule has 0 radical (unpaired) electrons. The first-order chi connectivity index (χ1) is 10.3. The highest BCUT2D eigenvalue weighted by molar-refractivity contribution is 5.69. The molecular weight excluding hydrogens is 286 g/mol. The van der Waals surface area contributed by atoms with Crippen LogP contribution in [0.1, 0.15) is 46.5 Å². The molecule has 0 aromatic heterocycles. The molecule has 0 unspecified atom stereocenters. The highest BCUT2D eigenvalue weighted by Gasteiger charge is 2.29. The second-order valence-corrected chi connectivity index (χ2v) is 6.66. The van der Waals surface area contributed by atoms with Crippen molar-refractivity contribution in [2.45, 2.75) is 52.1 Å². The molecule has 1 saturated heterocycles. The van der Waals surface area contributed by atoms with E-state index in [2.05, 4.69) is 4.74 Å². The molecule has 1 atom stereocenters. The predicted octanol–water partition coefficient (Wildman–Crippen LogP) is 2.60. The summed E-state index contributed by atoms with van der Waals surface area (Å²) in [5, 5.41) is 0. The van der Waals surface area contributed by atoms with E-state index in [-0.39, 0.29) is 12.1 Å². The van der Waals surface area contributed by atoms with Crippen molar-refractivity contribution in [3.63, 3.8) is 0 Å². The van der Waals surface area contributed by atoms with Crippen LogP contribution in [0.5, 0.6) is 0 Å². The lowest BCUT2D eigenvalue weighted by Crippen LogP contribution is -2.35. The number of hydrogen-bond donors (Lipinski definition) is 0. The number of nitrogens with zero attached hydrogens (tertiary/aromatic N) is 1. The molecule has 1 amide bonds. The van der Waals surface area contributed by atoms with Crippen LogP contribution in [0.4, 0.5) is 4.79 Å². The van der Waals surface area contributed by atoms with Crippen LogP contribution >= 0.6 is 0 Å². The Labute approximate surface area is 133 Å². The second-order valence-electron chi connectivity index (χ2n) is 6.66. The topological polar surface area (TPSA) is 65.1 Å². The average Bonchev–Trinajstić information content (AvgIpc) is 2.89. The number of methoxy groups -OCH3 is 1. The van der Waals surface area contributed by atoms with Gasteiger partial charge in [0.15, 0.2) is 0 Å². The van der Waals surface area contributed by atoms with E-state index in [0.29, 0.717) is 32.0 Å². The minimum atomic E-state index is -0.447. The van der Waals surface area contributed by atoms with E-state index in [1.165, 1.54) is 7.11 Å². The van der Waals surface area contributed by atoms with Crippen LogP contribution in [0, 0.1) is 5.92 Å². The van der Waals surface area contributed by atoms with Gasteiger partial charge in [-0.3, -0.25) is 4.79 Å². The molecule has 6 heteroatoms. The summed E-state index contributed by atoms with van der Waals surface area (Å²) in [6, 6.07) is 0. The Balaban J connectivity index is 2.09. The third-order valence-corrected chi connectivity index (χ3v) is 3.51.